The fraction of sp³-hybridized carbons (Fsp3) is 0.0769. The molecule has 0 fully saturated rings. The molecule has 0 atom stereocenters. The van der Waals surface area contributed by atoms with Gasteiger partial charge in [0.05, 0.1) is 11.1 Å². The van der Waals surface area contributed by atoms with Gasteiger partial charge >= 0.3 is 6.18 Å². The number of hydrogen-bond donors (Lipinski definition) is 1. The molecule has 0 spiro atoms. The molecule has 8 heteroatoms. The van der Waals surface area contributed by atoms with Gasteiger partial charge in [-0.15, -0.1) is 0 Å². The van der Waals surface area contributed by atoms with Gasteiger partial charge in [0.15, 0.2) is 0 Å². The second-order valence-corrected chi connectivity index (χ2v) is 5.35. The summed E-state index contributed by atoms with van der Waals surface area (Å²) in [7, 11) is 0. The van der Waals surface area contributed by atoms with E-state index in [4.69, 9.17) is 11.6 Å². The van der Waals surface area contributed by atoms with Crippen LogP contribution < -0.4 is 5.32 Å². The highest BCUT2D eigenvalue weighted by Gasteiger charge is 2.35. The molecule has 1 heterocycles. The zero-order valence-corrected chi connectivity index (χ0v) is 12.6. The molecular formula is C13H7BrClF3N2O. The Morgan fingerprint density at radius 1 is 1.24 bits per heavy atom. The summed E-state index contributed by atoms with van der Waals surface area (Å²) in [6.45, 7) is 0. The van der Waals surface area contributed by atoms with Crippen molar-refractivity contribution >= 4 is 39.3 Å². The maximum absolute atomic E-state index is 13.0. The second kappa shape index (κ2) is 6.03. The van der Waals surface area contributed by atoms with E-state index in [1.54, 1.807) is 0 Å². The smallest absolute Gasteiger partial charge is 0.307 e. The molecule has 0 radical (unpaired) electrons. The Hall–Kier alpha value is -1.60. The third kappa shape index (κ3) is 3.95. The third-order valence-corrected chi connectivity index (χ3v) is 3.22. The standard InChI is InChI=1S/C13H7BrClF3N2O/c14-7-1-2-9(10(5-7)13(16,17)18)12(21)20-11-6-8(15)3-4-19-11/h1-6H,(H,19,20,21). The Balaban J connectivity index is 2.35. The Morgan fingerprint density at radius 2 is 1.95 bits per heavy atom. The Labute approximate surface area is 131 Å². The molecule has 0 unspecified atom stereocenters. The number of pyridine rings is 1. The van der Waals surface area contributed by atoms with E-state index in [1.807, 2.05) is 0 Å². The van der Waals surface area contributed by atoms with Crippen LogP contribution in [0.25, 0.3) is 0 Å². The van der Waals surface area contributed by atoms with Crippen molar-refractivity contribution in [2.45, 2.75) is 6.18 Å². The lowest BCUT2D eigenvalue weighted by Crippen LogP contribution is -2.19. The zero-order valence-electron chi connectivity index (χ0n) is 10.2. The molecule has 21 heavy (non-hydrogen) atoms. The van der Waals surface area contributed by atoms with Crippen molar-refractivity contribution < 1.29 is 18.0 Å². The average molecular weight is 380 g/mol. The van der Waals surface area contributed by atoms with Gasteiger partial charge in [0.25, 0.3) is 5.91 Å². The summed E-state index contributed by atoms with van der Waals surface area (Å²) in [4.78, 5) is 15.8. The van der Waals surface area contributed by atoms with E-state index in [9.17, 15) is 18.0 Å². The highest BCUT2D eigenvalue weighted by molar-refractivity contribution is 9.10. The number of nitrogens with one attached hydrogen (secondary N) is 1. The number of anilines is 1. The molecule has 110 valence electrons. The van der Waals surface area contributed by atoms with Crippen LogP contribution in [0.5, 0.6) is 0 Å². The number of hydrogen-bond acceptors (Lipinski definition) is 2. The average Bonchev–Trinajstić information content (AvgIpc) is 2.37. The Bertz CT molecular complexity index is 691. The van der Waals surface area contributed by atoms with E-state index in [2.05, 4.69) is 26.2 Å². The summed E-state index contributed by atoms with van der Waals surface area (Å²) in [5.41, 5.74) is -1.52. The van der Waals surface area contributed by atoms with Crippen LogP contribution in [-0.2, 0) is 6.18 Å². The molecule has 0 saturated heterocycles. The summed E-state index contributed by atoms with van der Waals surface area (Å²) in [5.74, 6) is -0.840. The summed E-state index contributed by atoms with van der Waals surface area (Å²) >= 11 is 8.67. The van der Waals surface area contributed by atoms with Gasteiger partial charge in [-0.05, 0) is 30.3 Å². The van der Waals surface area contributed by atoms with E-state index in [0.717, 1.165) is 12.1 Å². The number of nitrogens with zero attached hydrogens (tertiary/aromatic N) is 1. The van der Waals surface area contributed by atoms with E-state index >= 15 is 0 Å². The second-order valence-electron chi connectivity index (χ2n) is 4.00. The lowest BCUT2D eigenvalue weighted by molar-refractivity contribution is -0.137. The van der Waals surface area contributed by atoms with Gasteiger partial charge in [0.2, 0.25) is 0 Å². The topological polar surface area (TPSA) is 42.0 Å². The van der Waals surface area contributed by atoms with E-state index < -0.39 is 23.2 Å². The zero-order chi connectivity index (χ0) is 15.6. The van der Waals surface area contributed by atoms with Crippen LogP contribution in [0.3, 0.4) is 0 Å². The maximum atomic E-state index is 13.0. The highest BCUT2D eigenvalue weighted by Crippen LogP contribution is 2.34. The van der Waals surface area contributed by atoms with Gasteiger partial charge in [-0.1, -0.05) is 27.5 Å². The van der Waals surface area contributed by atoms with Crippen molar-refractivity contribution in [1.82, 2.24) is 4.98 Å². The van der Waals surface area contributed by atoms with Crippen molar-refractivity contribution in [2.75, 3.05) is 5.32 Å². The lowest BCUT2D eigenvalue weighted by atomic mass is 10.1. The van der Waals surface area contributed by atoms with Gasteiger partial charge in [0.1, 0.15) is 5.82 Å². The first-order valence-corrected chi connectivity index (χ1v) is 6.74. The minimum atomic E-state index is -4.64. The van der Waals surface area contributed by atoms with Crippen molar-refractivity contribution in [3.05, 3.63) is 57.2 Å². The van der Waals surface area contributed by atoms with Gasteiger partial charge < -0.3 is 5.32 Å². The largest absolute Gasteiger partial charge is 0.417 e. The molecule has 0 aliphatic carbocycles. The van der Waals surface area contributed by atoms with Crippen LogP contribution >= 0.6 is 27.5 Å². The monoisotopic (exact) mass is 378 g/mol. The molecular weight excluding hydrogens is 373 g/mol. The normalized spacial score (nSPS) is 11.3. The molecule has 3 nitrogen and oxygen atoms in total. The molecule has 2 aromatic rings. The first-order valence-electron chi connectivity index (χ1n) is 5.57. The van der Waals surface area contributed by atoms with E-state index in [-0.39, 0.29) is 10.3 Å². The minimum Gasteiger partial charge on any atom is -0.307 e. The fourth-order valence-electron chi connectivity index (χ4n) is 1.61. The van der Waals surface area contributed by atoms with Gasteiger partial charge in [-0.25, -0.2) is 4.98 Å². The summed E-state index contributed by atoms with van der Waals surface area (Å²) < 4.78 is 39.1. The van der Waals surface area contributed by atoms with Crippen LogP contribution in [0.2, 0.25) is 5.02 Å². The summed E-state index contributed by atoms with van der Waals surface area (Å²) in [5, 5.41) is 2.59. The SMILES string of the molecule is O=C(Nc1cc(Cl)ccn1)c1ccc(Br)cc1C(F)(F)F. The third-order valence-electron chi connectivity index (χ3n) is 2.50. The van der Waals surface area contributed by atoms with E-state index in [0.29, 0.717) is 5.02 Å². The molecule has 1 aromatic heterocycles. The molecule has 0 bridgehead atoms. The number of carbonyl (C=O) groups excluding carboxylic acids is 1. The summed E-state index contributed by atoms with van der Waals surface area (Å²) in [6, 6.07) is 6.12. The van der Waals surface area contributed by atoms with E-state index in [1.165, 1.54) is 24.4 Å². The molecule has 0 saturated carbocycles. The molecule has 2 rings (SSSR count). The number of rotatable bonds is 2. The van der Waals surface area contributed by atoms with Gasteiger partial charge in [-0.3, -0.25) is 4.79 Å². The Kier molecular flexibility index (Phi) is 4.53. The number of benzene rings is 1. The number of aromatic nitrogens is 1. The van der Waals surface area contributed by atoms with Gasteiger partial charge in [-0.2, -0.15) is 13.2 Å². The number of carbonyl (C=O) groups is 1. The predicted octanol–water partition coefficient (Wildman–Crippen LogP) is 4.77. The van der Waals surface area contributed by atoms with Crippen molar-refractivity contribution in [2.24, 2.45) is 0 Å². The lowest BCUT2D eigenvalue weighted by Gasteiger charge is -2.13. The first kappa shape index (κ1) is 15.8. The summed E-state index contributed by atoms with van der Waals surface area (Å²) in [6.07, 6.45) is -3.30. The van der Waals surface area contributed by atoms with Crippen molar-refractivity contribution in [3.63, 3.8) is 0 Å². The number of alkyl halides is 3. The molecule has 0 aliphatic rings. The van der Waals surface area contributed by atoms with Gasteiger partial charge in [0, 0.05) is 15.7 Å². The van der Waals surface area contributed by atoms with Crippen LogP contribution in [-0.4, -0.2) is 10.9 Å². The van der Waals surface area contributed by atoms with Crippen molar-refractivity contribution in [3.8, 4) is 0 Å². The van der Waals surface area contributed by atoms with Crippen LogP contribution in [0.15, 0.2) is 41.0 Å². The van der Waals surface area contributed by atoms with Crippen molar-refractivity contribution in [1.29, 1.82) is 0 Å². The maximum Gasteiger partial charge on any atom is 0.417 e. The first-order chi connectivity index (χ1) is 9.77. The molecule has 0 aliphatic heterocycles. The fourth-order valence-corrected chi connectivity index (χ4v) is 2.13. The van der Waals surface area contributed by atoms with Crippen LogP contribution in [0.1, 0.15) is 15.9 Å². The number of amides is 1. The predicted molar refractivity (Wildman–Crippen MR) is 76.3 cm³/mol. The minimum absolute atomic E-state index is 0.0727. The highest BCUT2D eigenvalue weighted by atomic mass is 79.9. The van der Waals surface area contributed by atoms with Crippen LogP contribution in [0, 0.1) is 0 Å². The number of halogens is 5. The Morgan fingerprint density at radius 3 is 2.57 bits per heavy atom. The quantitative estimate of drug-likeness (QED) is 0.817. The molecule has 1 aromatic carbocycles. The molecule has 1 N–H and O–H groups in total. The molecule has 1 amide bonds. The van der Waals surface area contributed by atoms with Crippen LogP contribution in [0.4, 0.5) is 19.0 Å².